The SMILES string of the molecule is O=C(Cn1nnc2ccccc21)Nc1cccc(-c2nc3ccccc3[nH]2)c1. The maximum absolute atomic E-state index is 12.5. The van der Waals surface area contributed by atoms with Crippen molar-refractivity contribution in [1.29, 1.82) is 0 Å². The van der Waals surface area contributed by atoms with E-state index in [2.05, 4.69) is 25.6 Å². The van der Waals surface area contributed by atoms with E-state index in [1.54, 1.807) is 4.68 Å². The Hall–Kier alpha value is -4.00. The third kappa shape index (κ3) is 2.99. The molecular weight excluding hydrogens is 352 g/mol. The molecule has 0 aliphatic rings. The van der Waals surface area contributed by atoms with Crippen molar-refractivity contribution in [2.45, 2.75) is 6.54 Å². The number of hydrogen-bond acceptors (Lipinski definition) is 4. The summed E-state index contributed by atoms with van der Waals surface area (Å²) in [5.74, 6) is 0.594. The van der Waals surface area contributed by atoms with Crippen molar-refractivity contribution in [3.05, 3.63) is 72.8 Å². The summed E-state index contributed by atoms with van der Waals surface area (Å²) in [6.45, 7) is 0.0926. The minimum absolute atomic E-state index is 0.0926. The first-order chi connectivity index (χ1) is 13.8. The van der Waals surface area contributed by atoms with Crippen LogP contribution in [0.4, 0.5) is 5.69 Å². The van der Waals surface area contributed by atoms with Crippen LogP contribution in [0, 0.1) is 0 Å². The van der Waals surface area contributed by atoms with Crippen molar-refractivity contribution in [3.63, 3.8) is 0 Å². The van der Waals surface area contributed by atoms with Gasteiger partial charge in [-0.05, 0) is 36.4 Å². The van der Waals surface area contributed by atoms with Gasteiger partial charge in [-0.3, -0.25) is 4.79 Å². The van der Waals surface area contributed by atoms with E-state index in [1.807, 2.05) is 72.8 Å². The second-order valence-electron chi connectivity index (χ2n) is 6.47. The molecule has 136 valence electrons. The molecule has 0 atom stereocenters. The smallest absolute Gasteiger partial charge is 0.246 e. The Bertz CT molecular complexity index is 1270. The third-order valence-corrected chi connectivity index (χ3v) is 4.52. The summed E-state index contributed by atoms with van der Waals surface area (Å²) in [7, 11) is 0. The van der Waals surface area contributed by atoms with Gasteiger partial charge in [-0.15, -0.1) is 5.10 Å². The van der Waals surface area contributed by atoms with Gasteiger partial charge in [0.2, 0.25) is 5.91 Å². The molecule has 7 heteroatoms. The minimum atomic E-state index is -0.169. The zero-order valence-electron chi connectivity index (χ0n) is 14.8. The van der Waals surface area contributed by atoms with E-state index in [1.165, 1.54) is 0 Å². The highest BCUT2D eigenvalue weighted by Gasteiger charge is 2.10. The number of rotatable bonds is 4. The predicted molar refractivity (Wildman–Crippen MR) is 108 cm³/mol. The number of benzene rings is 3. The van der Waals surface area contributed by atoms with Gasteiger partial charge in [-0.2, -0.15) is 0 Å². The summed E-state index contributed by atoms with van der Waals surface area (Å²) in [6.07, 6.45) is 0. The molecule has 2 N–H and O–H groups in total. The molecule has 28 heavy (non-hydrogen) atoms. The molecule has 0 spiro atoms. The molecule has 3 aromatic carbocycles. The molecule has 0 saturated heterocycles. The lowest BCUT2D eigenvalue weighted by Gasteiger charge is -2.07. The van der Waals surface area contributed by atoms with Gasteiger partial charge in [-0.1, -0.05) is 41.6 Å². The van der Waals surface area contributed by atoms with Gasteiger partial charge >= 0.3 is 0 Å². The summed E-state index contributed by atoms with van der Waals surface area (Å²) >= 11 is 0. The Kier molecular flexibility index (Phi) is 3.83. The summed E-state index contributed by atoms with van der Waals surface area (Å²) in [6, 6.07) is 23.0. The molecule has 0 radical (unpaired) electrons. The highest BCUT2D eigenvalue weighted by molar-refractivity contribution is 5.92. The number of aromatic nitrogens is 5. The van der Waals surface area contributed by atoms with Gasteiger partial charge in [0.15, 0.2) is 0 Å². The number of amides is 1. The average Bonchev–Trinajstić information content (AvgIpc) is 3.33. The highest BCUT2D eigenvalue weighted by Crippen LogP contribution is 2.23. The van der Waals surface area contributed by atoms with Crippen LogP contribution in [-0.4, -0.2) is 30.9 Å². The molecule has 0 aliphatic carbocycles. The first-order valence-electron chi connectivity index (χ1n) is 8.89. The molecule has 5 aromatic rings. The number of hydrogen-bond donors (Lipinski definition) is 2. The number of H-pyrrole nitrogens is 1. The van der Waals surface area contributed by atoms with Gasteiger partial charge in [0.05, 0.1) is 16.6 Å². The van der Waals surface area contributed by atoms with Crippen molar-refractivity contribution in [2.75, 3.05) is 5.32 Å². The van der Waals surface area contributed by atoms with E-state index in [9.17, 15) is 4.79 Å². The van der Waals surface area contributed by atoms with E-state index < -0.39 is 0 Å². The standard InChI is InChI=1S/C21H16N6O/c28-20(13-27-19-11-4-3-10-18(19)25-26-27)22-15-7-5-6-14(12-15)21-23-16-8-1-2-9-17(16)24-21/h1-12H,13H2,(H,22,28)(H,23,24). The van der Waals surface area contributed by atoms with Crippen molar-refractivity contribution < 1.29 is 4.79 Å². The van der Waals surface area contributed by atoms with Crippen molar-refractivity contribution in [2.24, 2.45) is 0 Å². The Morgan fingerprint density at radius 1 is 0.964 bits per heavy atom. The van der Waals surface area contributed by atoms with Crippen LogP contribution in [0.1, 0.15) is 0 Å². The minimum Gasteiger partial charge on any atom is -0.338 e. The zero-order valence-corrected chi connectivity index (χ0v) is 14.8. The molecule has 1 amide bonds. The average molecular weight is 368 g/mol. The summed E-state index contributed by atoms with van der Waals surface area (Å²) in [4.78, 5) is 20.4. The maximum Gasteiger partial charge on any atom is 0.246 e. The van der Waals surface area contributed by atoms with Gasteiger partial charge in [0.25, 0.3) is 0 Å². The lowest BCUT2D eigenvalue weighted by molar-refractivity contribution is -0.116. The normalized spacial score (nSPS) is 11.1. The molecule has 5 rings (SSSR count). The molecule has 0 aliphatic heterocycles. The maximum atomic E-state index is 12.5. The molecule has 0 saturated carbocycles. The topological polar surface area (TPSA) is 88.5 Å². The fraction of sp³-hybridized carbons (Fsp3) is 0.0476. The van der Waals surface area contributed by atoms with Gasteiger partial charge in [0, 0.05) is 11.3 Å². The van der Waals surface area contributed by atoms with Gasteiger partial charge < -0.3 is 10.3 Å². The lowest BCUT2D eigenvalue weighted by atomic mass is 10.2. The van der Waals surface area contributed by atoms with E-state index in [-0.39, 0.29) is 12.5 Å². The van der Waals surface area contributed by atoms with E-state index >= 15 is 0 Å². The first-order valence-corrected chi connectivity index (χ1v) is 8.89. The van der Waals surface area contributed by atoms with Crippen LogP contribution in [0.2, 0.25) is 0 Å². The number of fused-ring (bicyclic) bond motifs is 2. The summed E-state index contributed by atoms with van der Waals surface area (Å²) in [5, 5.41) is 11.1. The van der Waals surface area contributed by atoms with Crippen LogP contribution >= 0.6 is 0 Å². The number of imidazole rings is 1. The van der Waals surface area contributed by atoms with Gasteiger partial charge in [-0.25, -0.2) is 9.67 Å². The Morgan fingerprint density at radius 2 is 1.79 bits per heavy atom. The van der Waals surface area contributed by atoms with Crippen LogP contribution < -0.4 is 5.32 Å². The second-order valence-corrected chi connectivity index (χ2v) is 6.47. The zero-order chi connectivity index (χ0) is 18.9. The number of para-hydroxylation sites is 3. The van der Waals surface area contributed by atoms with Crippen molar-refractivity contribution in [3.8, 4) is 11.4 Å². The quantitative estimate of drug-likeness (QED) is 0.507. The Morgan fingerprint density at radius 3 is 2.68 bits per heavy atom. The molecule has 0 fully saturated rings. The van der Waals surface area contributed by atoms with E-state index in [0.29, 0.717) is 5.69 Å². The highest BCUT2D eigenvalue weighted by atomic mass is 16.2. The molecule has 0 bridgehead atoms. The summed E-state index contributed by atoms with van der Waals surface area (Å²) < 4.78 is 1.59. The largest absolute Gasteiger partial charge is 0.338 e. The molecule has 2 aromatic heterocycles. The summed E-state index contributed by atoms with van der Waals surface area (Å²) in [5.41, 5.74) is 5.08. The van der Waals surface area contributed by atoms with Crippen molar-refractivity contribution >= 4 is 33.7 Å². The van der Waals surface area contributed by atoms with Crippen LogP contribution in [0.3, 0.4) is 0 Å². The van der Waals surface area contributed by atoms with Crippen LogP contribution in [0.25, 0.3) is 33.5 Å². The van der Waals surface area contributed by atoms with E-state index in [0.717, 1.165) is 33.5 Å². The molecule has 2 heterocycles. The Labute approximate surface area is 160 Å². The third-order valence-electron chi connectivity index (χ3n) is 4.52. The predicted octanol–water partition coefficient (Wildman–Crippen LogP) is 3.61. The number of aromatic amines is 1. The fourth-order valence-electron chi connectivity index (χ4n) is 3.20. The van der Waals surface area contributed by atoms with Crippen molar-refractivity contribution in [1.82, 2.24) is 25.0 Å². The molecule has 7 nitrogen and oxygen atoms in total. The van der Waals surface area contributed by atoms with Crippen LogP contribution in [0.15, 0.2) is 72.8 Å². The number of carbonyl (C=O) groups excluding carboxylic acids is 1. The first kappa shape index (κ1) is 16.2. The van der Waals surface area contributed by atoms with E-state index in [4.69, 9.17) is 0 Å². The number of carbonyl (C=O) groups is 1. The van der Waals surface area contributed by atoms with Crippen LogP contribution in [-0.2, 0) is 11.3 Å². The monoisotopic (exact) mass is 368 g/mol. The van der Waals surface area contributed by atoms with Crippen LogP contribution in [0.5, 0.6) is 0 Å². The lowest BCUT2D eigenvalue weighted by Crippen LogP contribution is -2.19. The number of anilines is 1. The Balaban J connectivity index is 1.37. The number of nitrogens with zero attached hydrogens (tertiary/aromatic N) is 4. The molecular formula is C21H16N6O. The van der Waals surface area contributed by atoms with Gasteiger partial charge in [0.1, 0.15) is 17.9 Å². The number of nitrogens with one attached hydrogen (secondary N) is 2. The second kappa shape index (κ2) is 6.62. The molecule has 0 unspecified atom stereocenters. The fourth-order valence-corrected chi connectivity index (χ4v) is 3.20.